The monoisotopic (exact) mass is 509 g/mol. The maximum atomic E-state index is 14.3. The fourth-order valence-electron chi connectivity index (χ4n) is 6.12. The number of ether oxygens (including phenoxy) is 1. The van der Waals surface area contributed by atoms with E-state index < -0.39 is 0 Å². The number of hydrogen-bond acceptors (Lipinski definition) is 3. The van der Waals surface area contributed by atoms with Crippen LogP contribution in [-0.2, 0) is 11.2 Å². The molecule has 1 aliphatic carbocycles. The highest BCUT2D eigenvalue weighted by atomic mass is 19.1. The van der Waals surface area contributed by atoms with E-state index in [1.165, 1.54) is 23.8 Å². The zero-order chi connectivity index (χ0) is 26.6. The molecule has 1 unspecified atom stereocenters. The summed E-state index contributed by atoms with van der Waals surface area (Å²) in [4.78, 5) is 12.4. The molecule has 0 amide bonds. The van der Waals surface area contributed by atoms with Crippen molar-refractivity contribution in [1.82, 2.24) is 5.32 Å². The molecule has 5 rings (SSSR count). The van der Waals surface area contributed by atoms with Crippen molar-refractivity contribution in [2.75, 3.05) is 13.7 Å². The standard InChI is InChI=1S/C34H36FNO2/c1-22-14-15-26(21-31(22)34(37)38-3)32-20-24(19-25-10-4-5-11-28(25)32)9-8-18-36-23(2)27-16-17-33(35)30-13-7-6-12-29(27)30/h4-7,10-17,21,23-24,32,36H,8-9,18-20H2,1-3H3/t23-,24+,32?/m1/s1. The number of halogens is 1. The minimum Gasteiger partial charge on any atom is -0.465 e. The van der Waals surface area contributed by atoms with E-state index in [-0.39, 0.29) is 23.7 Å². The summed E-state index contributed by atoms with van der Waals surface area (Å²) in [5.41, 5.74) is 6.69. The first-order valence-electron chi connectivity index (χ1n) is 13.6. The van der Waals surface area contributed by atoms with E-state index in [9.17, 15) is 9.18 Å². The van der Waals surface area contributed by atoms with Gasteiger partial charge in [0.2, 0.25) is 0 Å². The number of hydrogen-bond donors (Lipinski definition) is 1. The van der Waals surface area contributed by atoms with Gasteiger partial charge in [0, 0.05) is 17.3 Å². The lowest BCUT2D eigenvalue weighted by Gasteiger charge is -2.32. The van der Waals surface area contributed by atoms with E-state index in [0.29, 0.717) is 16.9 Å². The molecule has 3 nitrogen and oxygen atoms in total. The van der Waals surface area contributed by atoms with Crippen LogP contribution in [0.5, 0.6) is 0 Å². The summed E-state index contributed by atoms with van der Waals surface area (Å²) in [6.45, 7) is 5.02. The van der Waals surface area contributed by atoms with E-state index in [2.05, 4.69) is 42.6 Å². The average Bonchev–Trinajstić information content (AvgIpc) is 2.95. The first kappa shape index (κ1) is 26.1. The van der Waals surface area contributed by atoms with Crippen LogP contribution < -0.4 is 5.32 Å². The molecule has 4 heteroatoms. The van der Waals surface area contributed by atoms with Gasteiger partial charge >= 0.3 is 5.97 Å². The van der Waals surface area contributed by atoms with Gasteiger partial charge < -0.3 is 10.1 Å². The molecule has 0 radical (unpaired) electrons. The molecule has 0 spiro atoms. The van der Waals surface area contributed by atoms with Crippen LogP contribution in [0.3, 0.4) is 0 Å². The van der Waals surface area contributed by atoms with Crippen LogP contribution in [0.15, 0.2) is 78.9 Å². The van der Waals surface area contributed by atoms with Gasteiger partial charge in [-0.15, -0.1) is 0 Å². The molecular formula is C34H36FNO2. The molecule has 0 bridgehead atoms. The molecule has 196 valence electrons. The Morgan fingerprint density at radius 3 is 2.61 bits per heavy atom. The third-order valence-corrected chi connectivity index (χ3v) is 8.19. The highest BCUT2D eigenvalue weighted by molar-refractivity contribution is 5.91. The number of benzene rings is 4. The van der Waals surface area contributed by atoms with Crippen molar-refractivity contribution < 1.29 is 13.9 Å². The number of carbonyl (C=O) groups is 1. The molecule has 0 heterocycles. The second kappa shape index (κ2) is 11.5. The van der Waals surface area contributed by atoms with E-state index in [1.807, 2.05) is 49.4 Å². The summed E-state index contributed by atoms with van der Waals surface area (Å²) in [7, 11) is 1.44. The number of nitrogens with one attached hydrogen (secondary N) is 1. The smallest absolute Gasteiger partial charge is 0.338 e. The summed E-state index contributed by atoms with van der Waals surface area (Å²) < 4.78 is 19.3. The van der Waals surface area contributed by atoms with Crippen LogP contribution in [0.2, 0.25) is 0 Å². The third-order valence-electron chi connectivity index (χ3n) is 8.19. The molecule has 3 atom stereocenters. The maximum absolute atomic E-state index is 14.3. The van der Waals surface area contributed by atoms with Gasteiger partial charge in [-0.3, -0.25) is 0 Å². The van der Waals surface area contributed by atoms with Crippen LogP contribution in [-0.4, -0.2) is 19.6 Å². The second-order valence-corrected chi connectivity index (χ2v) is 10.6. The van der Waals surface area contributed by atoms with Crippen LogP contribution in [0.1, 0.15) is 76.3 Å². The summed E-state index contributed by atoms with van der Waals surface area (Å²) in [6, 6.07) is 26.3. The van der Waals surface area contributed by atoms with Gasteiger partial charge in [-0.2, -0.15) is 0 Å². The summed E-state index contributed by atoms with van der Waals surface area (Å²) in [5.74, 6) is 0.392. The van der Waals surface area contributed by atoms with Crippen molar-refractivity contribution in [2.45, 2.75) is 51.5 Å². The lowest BCUT2D eigenvalue weighted by atomic mass is 9.72. The predicted molar refractivity (Wildman–Crippen MR) is 152 cm³/mol. The first-order valence-corrected chi connectivity index (χ1v) is 13.6. The highest BCUT2D eigenvalue weighted by Crippen LogP contribution is 2.41. The normalized spacial score (nSPS) is 17.7. The lowest BCUT2D eigenvalue weighted by Crippen LogP contribution is -2.23. The van der Waals surface area contributed by atoms with Crippen molar-refractivity contribution in [2.24, 2.45) is 5.92 Å². The number of rotatable bonds is 8. The summed E-state index contributed by atoms with van der Waals surface area (Å²) >= 11 is 0. The van der Waals surface area contributed by atoms with Crippen LogP contribution in [0.25, 0.3) is 10.8 Å². The number of methoxy groups -OCH3 is 1. The third kappa shape index (κ3) is 5.37. The van der Waals surface area contributed by atoms with Gasteiger partial charge in [-0.25, -0.2) is 9.18 Å². The fourth-order valence-corrected chi connectivity index (χ4v) is 6.12. The maximum Gasteiger partial charge on any atom is 0.338 e. The topological polar surface area (TPSA) is 38.3 Å². The molecule has 4 aromatic carbocycles. The largest absolute Gasteiger partial charge is 0.465 e. The quantitative estimate of drug-likeness (QED) is 0.194. The van der Waals surface area contributed by atoms with Crippen molar-refractivity contribution in [1.29, 1.82) is 0 Å². The van der Waals surface area contributed by atoms with E-state index >= 15 is 0 Å². The van der Waals surface area contributed by atoms with E-state index in [4.69, 9.17) is 4.74 Å². The summed E-state index contributed by atoms with van der Waals surface area (Å²) in [5, 5.41) is 5.32. The molecular weight excluding hydrogens is 473 g/mol. The Morgan fingerprint density at radius 1 is 1.03 bits per heavy atom. The number of esters is 1. The Kier molecular flexibility index (Phi) is 7.90. The van der Waals surface area contributed by atoms with Gasteiger partial charge in [-0.05, 0) is 97.3 Å². The second-order valence-electron chi connectivity index (χ2n) is 10.6. The zero-order valence-corrected chi connectivity index (χ0v) is 22.5. The molecule has 1 N–H and O–H groups in total. The predicted octanol–water partition coefficient (Wildman–Crippen LogP) is 7.90. The highest BCUT2D eigenvalue weighted by Gasteiger charge is 2.28. The van der Waals surface area contributed by atoms with Gasteiger partial charge in [0.25, 0.3) is 0 Å². The van der Waals surface area contributed by atoms with Crippen LogP contribution in [0.4, 0.5) is 4.39 Å². The van der Waals surface area contributed by atoms with Gasteiger partial charge in [0.05, 0.1) is 12.7 Å². The Morgan fingerprint density at radius 2 is 1.79 bits per heavy atom. The Bertz CT molecular complexity index is 1450. The number of carbonyl (C=O) groups excluding carboxylic acids is 1. The average molecular weight is 510 g/mol. The molecule has 0 fully saturated rings. The van der Waals surface area contributed by atoms with E-state index in [1.54, 1.807) is 6.07 Å². The van der Waals surface area contributed by atoms with Crippen molar-refractivity contribution in [3.8, 4) is 0 Å². The Hall–Kier alpha value is -3.50. The Labute approximate surface area is 225 Å². The molecule has 0 saturated carbocycles. The minimum absolute atomic E-state index is 0.143. The number of fused-ring (bicyclic) bond motifs is 2. The Balaban J connectivity index is 1.26. The molecule has 0 saturated heterocycles. The first-order chi connectivity index (χ1) is 18.5. The van der Waals surface area contributed by atoms with E-state index in [0.717, 1.165) is 48.7 Å². The molecule has 1 aliphatic rings. The van der Waals surface area contributed by atoms with Gasteiger partial charge in [-0.1, -0.05) is 66.7 Å². The van der Waals surface area contributed by atoms with Gasteiger partial charge in [0.1, 0.15) is 5.82 Å². The minimum atomic E-state index is -0.279. The fraction of sp³-hybridized carbons (Fsp3) is 0.324. The number of aryl methyl sites for hydroxylation is 1. The van der Waals surface area contributed by atoms with Crippen molar-refractivity contribution >= 4 is 16.7 Å². The summed E-state index contributed by atoms with van der Waals surface area (Å²) in [6.07, 6.45) is 4.36. The lowest BCUT2D eigenvalue weighted by molar-refractivity contribution is 0.0599. The van der Waals surface area contributed by atoms with Gasteiger partial charge in [0.15, 0.2) is 0 Å². The molecule has 0 aromatic heterocycles. The zero-order valence-electron chi connectivity index (χ0n) is 22.5. The molecule has 38 heavy (non-hydrogen) atoms. The van der Waals surface area contributed by atoms with Crippen molar-refractivity contribution in [3.63, 3.8) is 0 Å². The van der Waals surface area contributed by atoms with Crippen LogP contribution in [0, 0.1) is 18.7 Å². The molecule has 4 aromatic rings. The molecule has 0 aliphatic heterocycles. The SMILES string of the molecule is COC(=O)c1cc(C2C[C@@H](CCCN[C@H](C)c3ccc(F)c4ccccc34)Cc3ccccc32)ccc1C. The van der Waals surface area contributed by atoms with Crippen molar-refractivity contribution in [3.05, 3.63) is 118 Å². The van der Waals surface area contributed by atoms with Crippen LogP contribution >= 0.6 is 0 Å².